The van der Waals surface area contributed by atoms with Gasteiger partial charge in [-0.3, -0.25) is 4.79 Å². The van der Waals surface area contributed by atoms with E-state index >= 15 is 0 Å². The fraction of sp³-hybridized carbons (Fsp3) is 0.167. The van der Waals surface area contributed by atoms with Gasteiger partial charge in [0.2, 0.25) is 0 Å². The quantitative estimate of drug-likeness (QED) is 0.808. The molecule has 19 heavy (non-hydrogen) atoms. The third kappa shape index (κ3) is 3.15. The van der Waals surface area contributed by atoms with Crippen molar-refractivity contribution in [2.24, 2.45) is 5.73 Å². The maximum absolute atomic E-state index is 11.1. The fourth-order valence-electron chi connectivity index (χ4n) is 1.56. The molecule has 0 spiro atoms. The molecule has 1 atom stereocenters. The molecule has 1 unspecified atom stereocenters. The summed E-state index contributed by atoms with van der Waals surface area (Å²) in [4.78, 5) is 16.3. The maximum atomic E-state index is 11.1. The number of hydrogen-bond donors (Lipinski definition) is 3. The van der Waals surface area contributed by atoms with E-state index in [2.05, 4.69) is 10.3 Å². The second-order valence-corrected chi connectivity index (χ2v) is 5.75. The van der Waals surface area contributed by atoms with Crippen LogP contribution in [0.25, 0.3) is 0 Å². The van der Waals surface area contributed by atoms with Crippen LogP contribution in [0.3, 0.4) is 0 Å². The molecule has 0 aliphatic carbocycles. The molecule has 0 aliphatic heterocycles. The van der Waals surface area contributed by atoms with Crippen LogP contribution in [0, 0.1) is 0 Å². The van der Waals surface area contributed by atoms with Crippen molar-refractivity contribution < 1.29 is 4.79 Å². The highest BCUT2D eigenvalue weighted by atomic mass is 35.5. The zero-order chi connectivity index (χ0) is 14.0. The van der Waals surface area contributed by atoms with Crippen molar-refractivity contribution in [2.75, 3.05) is 11.1 Å². The van der Waals surface area contributed by atoms with E-state index in [4.69, 9.17) is 23.1 Å². The first kappa shape index (κ1) is 13.6. The molecule has 1 amide bonds. The number of thiophene rings is 1. The Kier molecular flexibility index (Phi) is 3.92. The van der Waals surface area contributed by atoms with Gasteiger partial charge in [-0.15, -0.1) is 11.3 Å². The Morgan fingerprint density at radius 3 is 2.74 bits per heavy atom. The summed E-state index contributed by atoms with van der Waals surface area (Å²) >= 11 is 7.37. The summed E-state index contributed by atoms with van der Waals surface area (Å²) in [5.74, 6) is -0.150. The first-order chi connectivity index (χ1) is 8.97. The minimum absolute atomic E-state index is 0.0181. The lowest BCUT2D eigenvalue weighted by atomic mass is 10.2. The third-order valence-corrected chi connectivity index (χ3v) is 3.97. The second kappa shape index (κ2) is 5.46. The van der Waals surface area contributed by atoms with Gasteiger partial charge in [0.15, 0.2) is 5.82 Å². The van der Waals surface area contributed by atoms with Crippen LogP contribution in [0.4, 0.5) is 11.5 Å². The van der Waals surface area contributed by atoms with Crippen molar-refractivity contribution in [3.63, 3.8) is 0 Å². The van der Waals surface area contributed by atoms with Gasteiger partial charge in [0, 0.05) is 4.88 Å². The predicted octanol–water partition coefficient (Wildman–Crippen LogP) is 2.65. The summed E-state index contributed by atoms with van der Waals surface area (Å²) in [6.45, 7) is 1.96. The van der Waals surface area contributed by atoms with E-state index in [1.165, 1.54) is 17.4 Å². The number of nitrogens with zero attached hydrogens (tertiary/aromatic N) is 1. The predicted molar refractivity (Wildman–Crippen MR) is 78.5 cm³/mol. The van der Waals surface area contributed by atoms with Gasteiger partial charge in [-0.2, -0.15) is 0 Å². The zero-order valence-electron chi connectivity index (χ0n) is 10.2. The second-order valence-electron chi connectivity index (χ2n) is 4.01. The topological polar surface area (TPSA) is 94.0 Å². The summed E-state index contributed by atoms with van der Waals surface area (Å²) in [7, 11) is 0. The number of nitrogens with two attached hydrogens (primary N) is 2. The number of nitrogens with one attached hydrogen (secondary N) is 1. The SMILES string of the molecule is CC(Nc1nc(C(N)=O)ccc1N)c1ccc(Cl)s1. The molecule has 100 valence electrons. The van der Waals surface area contributed by atoms with Crippen LogP contribution < -0.4 is 16.8 Å². The van der Waals surface area contributed by atoms with E-state index in [1.807, 2.05) is 19.1 Å². The largest absolute Gasteiger partial charge is 0.396 e. The number of halogens is 1. The standard InChI is InChI=1S/C12H13ClN4OS/c1-6(9-4-5-10(13)19-9)16-12-7(14)2-3-8(17-12)11(15)18/h2-6H,14H2,1H3,(H2,15,18)(H,16,17). The van der Waals surface area contributed by atoms with E-state index in [0.29, 0.717) is 11.5 Å². The van der Waals surface area contributed by atoms with E-state index in [9.17, 15) is 4.79 Å². The Hall–Kier alpha value is -1.79. The Balaban J connectivity index is 2.22. The molecular weight excluding hydrogens is 284 g/mol. The van der Waals surface area contributed by atoms with E-state index in [-0.39, 0.29) is 11.7 Å². The molecule has 2 aromatic heterocycles. The lowest BCUT2D eigenvalue weighted by Gasteiger charge is -2.15. The average molecular weight is 297 g/mol. The Morgan fingerprint density at radius 2 is 2.16 bits per heavy atom. The molecule has 0 aromatic carbocycles. The van der Waals surface area contributed by atoms with Crippen molar-refractivity contribution in [3.05, 3.63) is 39.2 Å². The van der Waals surface area contributed by atoms with Crippen molar-refractivity contribution in [3.8, 4) is 0 Å². The zero-order valence-corrected chi connectivity index (χ0v) is 11.8. The molecule has 5 nitrogen and oxygen atoms in total. The van der Waals surface area contributed by atoms with Crippen molar-refractivity contribution in [1.29, 1.82) is 0 Å². The number of carbonyl (C=O) groups excluding carboxylic acids is 1. The molecule has 0 saturated heterocycles. The summed E-state index contributed by atoms with van der Waals surface area (Å²) in [6.07, 6.45) is 0. The van der Waals surface area contributed by atoms with Crippen LogP contribution in [-0.2, 0) is 0 Å². The normalized spacial score (nSPS) is 12.1. The summed E-state index contributed by atoms with van der Waals surface area (Å²) < 4.78 is 0.718. The van der Waals surface area contributed by atoms with Crippen molar-refractivity contribution in [1.82, 2.24) is 4.98 Å². The highest BCUT2D eigenvalue weighted by molar-refractivity contribution is 7.16. The van der Waals surface area contributed by atoms with Crippen LogP contribution in [0.15, 0.2) is 24.3 Å². The number of amides is 1. The molecule has 7 heteroatoms. The molecule has 0 radical (unpaired) electrons. The number of primary amides is 1. The van der Waals surface area contributed by atoms with Gasteiger partial charge in [0.1, 0.15) is 5.69 Å². The highest BCUT2D eigenvalue weighted by Crippen LogP contribution is 2.29. The lowest BCUT2D eigenvalue weighted by Crippen LogP contribution is -2.16. The van der Waals surface area contributed by atoms with Gasteiger partial charge in [0.25, 0.3) is 5.91 Å². The van der Waals surface area contributed by atoms with Gasteiger partial charge in [0.05, 0.1) is 16.1 Å². The van der Waals surface area contributed by atoms with Gasteiger partial charge < -0.3 is 16.8 Å². The van der Waals surface area contributed by atoms with Crippen LogP contribution in [0.1, 0.15) is 28.3 Å². The lowest BCUT2D eigenvalue weighted by molar-refractivity contribution is 0.0995. The monoisotopic (exact) mass is 296 g/mol. The molecule has 2 rings (SSSR count). The van der Waals surface area contributed by atoms with Crippen molar-refractivity contribution in [2.45, 2.75) is 13.0 Å². The number of aromatic nitrogens is 1. The van der Waals surface area contributed by atoms with Crippen LogP contribution in [-0.4, -0.2) is 10.9 Å². The van der Waals surface area contributed by atoms with E-state index in [1.54, 1.807) is 6.07 Å². The Morgan fingerprint density at radius 1 is 1.42 bits per heavy atom. The van der Waals surface area contributed by atoms with Gasteiger partial charge in [-0.25, -0.2) is 4.98 Å². The fourth-order valence-corrected chi connectivity index (χ4v) is 2.62. The molecule has 0 saturated carbocycles. The van der Waals surface area contributed by atoms with Gasteiger partial charge in [-0.05, 0) is 31.2 Å². The Bertz CT molecular complexity index is 614. The average Bonchev–Trinajstić information content (AvgIpc) is 2.78. The minimum atomic E-state index is -0.588. The minimum Gasteiger partial charge on any atom is -0.396 e. The van der Waals surface area contributed by atoms with Crippen LogP contribution in [0.5, 0.6) is 0 Å². The molecule has 5 N–H and O–H groups in total. The summed E-state index contributed by atoms with van der Waals surface area (Å²) in [6, 6.07) is 6.84. The Labute approximate surface area is 119 Å². The van der Waals surface area contributed by atoms with Gasteiger partial charge >= 0.3 is 0 Å². The number of anilines is 2. The number of rotatable bonds is 4. The maximum Gasteiger partial charge on any atom is 0.267 e. The number of pyridine rings is 1. The number of hydrogen-bond acceptors (Lipinski definition) is 5. The van der Waals surface area contributed by atoms with Crippen molar-refractivity contribution >= 4 is 40.4 Å². The smallest absolute Gasteiger partial charge is 0.267 e. The first-order valence-corrected chi connectivity index (χ1v) is 6.75. The molecule has 0 bridgehead atoms. The van der Waals surface area contributed by atoms with Gasteiger partial charge in [-0.1, -0.05) is 11.6 Å². The van der Waals surface area contributed by atoms with E-state index < -0.39 is 5.91 Å². The highest BCUT2D eigenvalue weighted by Gasteiger charge is 2.12. The molecule has 2 aromatic rings. The molecular formula is C12H13ClN4OS. The number of carbonyl (C=O) groups is 1. The third-order valence-electron chi connectivity index (χ3n) is 2.55. The molecule has 2 heterocycles. The van der Waals surface area contributed by atoms with E-state index in [0.717, 1.165) is 9.21 Å². The number of nitrogen functional groups attached to an aromatic ring is 1. The van der Waals surface area contributed by atoms with Crippen LogP contribution >= 0.6 is 22.9 Å². The van der Waals surface area contributed by atoms with Crippen LogP contribution in [0.2, 0.25) is 4.34 Å². The molecule has 0 aliphatic rings. The molecule has 0 fully saturated rings. The summed E-state index contributed by atoms with van der Waals surface area (Å²) in [5.41, 5.74) is 11.6. The summed E-state index contributed by atoms with van der Waals surface area (Å²) in [5, 5.41) is 3.14. The first-order valence-electron chi connectivity index (χ1n) is 5.55.